The molecular formula is C12H14N2O2. The van der Waals surface area contributed by atoms with E-state index in [1.807, 2.05) is 24.0 Å². The number of carbonyl (C=O) groups excluding carboxylic acids is 1. The lowest BCUT2D eigenvalue weighted by Crippen LogP contribution is -2.44. The molecule has 0 bridgehead atoms. The first kappa shape index (κ1) is 9.63. The van der Waals surface area contributed by atoms with Crippen LogP contribution in [0.5, 0.6) is 0 Å². The molecule has 0 N–H and O–H groups in total. The second-order valence-electron chi connectivity index (χ2n) is 4.56. The van der Waals surface area contributed by atoms with E-state index < -0.39 is 0 Å². The average molecular weight is 218 g/mol. The molecule has 1 aromatic rings. The molecule has 1 amide bonds. The highest BCUT2D eigenvalue weighted by atomic mass is 16.5. The number of nitrogens with zero attached hydrogens (tertiary/aromatic N) is 2. The highest BCUT2D eigenvalue weighted by Gasteiger charge is 2.39. The van der Waals surface area contributed by atoms with Crippen molar-refractivity contribution >= 4 is 5.91 Å². The molecule has 1 unspecified atom stereocenters. The molecule has 3 heterocycles. The van der Waals surface area contributed by atoms with Gasteiger partial charge in [0.2, 0.25) is 5.91 Å². The SMILES string of the molecule is Cc1ccc2c([n+]1[O-])CCN1C(=O)CCC21. The van der Waals surface area contributed by atoms with Crippen LogP contribution in [0.3, 0.4) is 0 Å². The van der Waals surface area contributed by atoms with Gasteiger partial charge in [-0.25, -0.2) is 0 Å². The number of pyridine rings is 1. The molecule has 4 nitrogen and oxygen atoms in total. The van der Waals surface area contributed by atoms with Gasteiger partial charge >= 0.3 is 0 Å². The monoisotopic (exact) mass is 218 g/mol. The zero-order valence-electron chi connectivity index (χ0n) is 9.27. The Kier molecular flexibility index (Phi) is 1.93. The van der Waals surface area contributed by atoms with Crippen molar-refractivity contribution in [1.82, 2.24) is 4.90 Å². The third-order valence-electron chi connectivity index (χ3n) is 3.68. The van der Waals surface area contributed by atoms with Crippen LogP contribution >= 0.6 is 0 Å². The standard InChI is InChI=1S/C12H14N2O2/c1-8-2-3-9-10-4-5-12(15)13(10)7-6-11(9)14(8)16/h2-3,10H,4-7H2,1H3. The van der Waals surface area contributed by atoms with E-state index in [-0.39, 0.29) is 11.9 Å². The van der Waals surface area contributed by atoms with Crippen LogP contribution in [0.1, 0.15) is 35.8 Å². The Morgan fingerprint density at radius 2 is 2.25 bits per heavy atom. The fourth-order valence-corrected chi connectivity index (χ4v) is 2.82. The molecule has 1 saturated heterocycles. The first-order chi connectivity index (χ1) is 7.68. The highest BCUT2D eigenvalue weighted by Crippen LogP contribution is 2.36. The molecule has 0 radical (unpaired) electrons. The third-order valence-corrected chi connectivity index (χ3v) is 3.68. The number of fused-ring (bicyclic) bond motifs is 3. The zero-order chi connectivity index (χ0) is 11.3. The number of hydrogen-bond donors (Lipinski definition) is 0. The maximum absolute atomic E-state index is 11.9. The van der Waals surface area contributed by atoms with Crippen molar-refractivity contribution in [2.45, 2.75) is 32.2 Å². The number of aryl methyl sites for hydroxylation is 1. The van der Waals surface area contributed by atoms with Gasteiger partial charge in [0.15, 0.2) is 11.4 Å². The van der Waals surface area contributed by atoms with Crippen LogP contribution in [0.15, 0.2) is 12.1 Å². The molecule has 4 heteroatoms. The van der Waals surface area contributed by atoms with Crippen molar-refractivity contribution in [3.05, 3.63) is 34.3 Å². The van der Waals surface area contributed by atoms with Crippen molar-refractivity contribution < 1.29 is 9.52 Å². The summed E-state index contributed by atoms with van der Waals surface area (Å²) in [5.74, 6) is 0.230. The Hall–Kier alpha value is -1.58. The molecule has 2 aliphatic rings. The van der Waals surface area contributed by atoms with E-state index in [2.05, 4.69) is 0 Å². The van der Waals surface area contributed by atoms with E-state index in [1.165, 1.54) is 0 Å². The van der Waals surface area contributed by atoms with Gasteiger partial charge in [0.1, 0.15) is 0 Å². The minimum absolute atomic E-state index is 0.150. The van der Waals surface area contributed by atoms with Crippen LogP contribution in [0.4, 0.5) is 0 Å². The van der Waals surface area contributed by atoms with Crippen LogP contribution in [-0.2, 0) is 11.2 Å². The largest absolute Gasteiger partial charge is 0.618 e. The molecule has 3 rings (SSSR count). The predicted octanol–water partition coefficient (Wildman–Crippen LogP) is 0.848. The molecule has 0 aromatic carbocycles. The second kappa shape index (κ2) is 3.20. The van der Waals surface area contributed by atoms with Crippen molar-refractivity contribution in [3.63, 3.8) is 0 Å². The summed E-state index contributed by atoms with van der Waals surface area (Å²) < 4.78 is 1.02. The topological polar surface area (TPSA) is 47.2 Å². The number of rotatable bonds is 0. The minimum Gasteiger partial charge on any atom is -0.618 e. The van der Waals surface area contributed by atoms with Gasteiger partial charge in [0.25, 0.3) is 0 Å². The van der Waals surface area contributed by atoms with Gasteiger partial charge in [-0.3, -0.25) is 4.79 Å². The van der Waals surface area contributed by atoms with Crippen molar-refractivity contribution in [1.29, 1.82) is 0 Å². The molecule has 2 aliphatic heterocycles. The maximum atomic E-state index is 11.9. The van der Waals surface area contributed by atoms with E-state index in [4.69, 9.17) is 0 Å². The Morgan fingerprint density at radius 1 is 1.44 bits per heavy atom. The predicted molar refractivity (Wildman–Crippen MR) is 57.5 cm³/mol. The maximum Gasteiger partial charge on any atom is 0.223 e. The molecule has 0 aliphatic carbocycles. The highest BCUT2D eigenvalue weighted by molar-refractivity contribution is 5.79. The van der Waals surface area contributed by atoms with E-state index in [0.29, 0.717) is 19.4 Å². The normalized spacial score (nSPS) is 23.2. The lowest BCUT2D eigenvalue weighted by atomic mass is 9.96. The summed E-state index contributed by atoms with van der Waals surface area (Å²) in [4.78, 5) is 13.5. The van der Waals surface area contributed by atoms with E-state index in [9.17, 15) is 10.0 Å². The smallest absolute Gasteiger partial charge is 0.223 e. The Labute approximate surface area is 94.1 Å². The average Bonchev–Trinajstić information content (AvgIpc) is 2.66. The Balaban J connectivity index is 2.11. The number of carbonyl (C=O) groups is 1. The molecule has 84 valence electrons. The molecule has 1 atom stereocenters. The Bertz CT molecular complexity index is 470. The van der Waals surface area contributed by atoms with Gasteiger partial charge in [-0.15, -0.1) is 0 Å². The summed E-state index contributed by atoms with van der Waals surface area (Å²) in [6, 6.07) is 4.00. The van der Waals surface area contributed by atoms with E-state index in [1.54, 1.807) is 0 Å². The molecular weight excluding hydrogens is 204 g/mol. The van der Waals surface area contributed by atoms with Crippen LogP contribution in [0, 0.1) is 12.1 Å². The van der Waals surface area contributed by atoms with Gasteiger partial charge in [0.05, 0.1) is 12.5 Å². The van der Waals surface area contributed by atoms with Crippen molar-refractivity contribution in [3.8, 4) is 0 Å². The molecule has 1 aromatic heterocycles. The van der Waals surface area contributed by atoms with Gasteiger partial charge in [-0.05, 0) is 12.5 Å². The van der Waals surface area contributed by atoms with Crippen LogP contribution < -0.4 is 4.73 Å². The first-order valence-electron chi connectivity index (χ1n) is 5.70. The fourth-order valence-electron chi connectivity index (χ4n) is 2.82. The van der Waals surface area contributed by atoms with Crippen LogP contribution in [0.2, 0.25) is 0 Å². The quantitative estimate of drug-likeness (QED) is 0.478. The van der Waals surface area contributed by atoms with Crippen molar-refractivity contribution in [2.24, 2.45) is 0 Å². The van der Waals surface area contributed by atoms with E-state index >= 15 is 0 Å². The summed E-state index contributed by atoms with van der Waals surface area (Å²) in [6.07, 6.45) is 2.16. The number of aromatic nitrogens is 1. The van der Waals surface area contributed by atoms with Gasteiger partial charge < -0.3 is 10.1 Å². The number of amides is 1. The summed E-state index contributed by atoms with van der Waals surface area (Å²) in [5, 5.41) is 11.9. The lowest BCUT2D eigenvalue weighted by molar-refractivity contribution is -0.621. The van der Waals surface area contributed by atoms with E-state index in [0.717, 1.165) is 28.1 Å². The summed E-state index contributed by atoms with van der Waals surface area (Å²) in [5.41, 5.74) is 2.64. The fraction of sp³-hybridized carbons (Fsp3) is 0.500. The lowest BCUT2D eigenvalue weighted by Gasteiger charge is -2.30. The van der Waals surface area contributed by atoms with Gasteiger partial charge in [0, 0.05) is 31.5 Å². The minimum atomic E-state index is 0.150. The molecule has 1 fully saturated rings. The number of hydrogen-bond acceptors (Lipinski definition) is 2. The zero-order valence-corrected chi connectivity index (χ0v) is 9.27. The van der Waals surface area contributed by atoms with Gasteiger partial charge in [-0.2, -0.15) is 4.73 Å². The van der Waals surface area contributed by atoms with Crippen molar-refractivity contribution in [2.75, 3.05) is 6.54 Å². The van der Waals surface area contributed by atoms with Gasteiger partial charge in [-0.1, -0.05) is 0 Å². The molecule has 0 saturated carbocycles. The molecule has 0 spiro atoms. The Morgan fingerprint density at radius 3 is 3.06 bits per heavy atom. The second-order valence-corrected chi connectivity index (χ2v) is 4.56. The van der Waals surface area contributed by atoms with Crippen LogP contribution in [-0.4, -0.2) is 17.4 Å². The summed E-state index contributed by atoms with van der Waals surface area (Å²) >= 11 is 0. The van der Waals surface area contributed by atoms with Crippen LogP contribution in [0.25, 0.3) is 0 Å². The summed E-state index contributed by atoms with van der Waals surface area (Å²) in [6.45, 7) is 2.52. The summed E-state index contributed by atoms with van der Waals surface area (Å²) in [7, 11) is 0. The molecule has 16 heavy (non-hydrogen) atoms. The third kappa shape index (κ3) is 1.16. The first-order valence-corrected chi connectivity index (χ1v) is 5.70.